The Bertz CT molecular complexity index is 634. The van der Waals surface area contributed by atoms with Gasteiger partial charge in [-0.25, -0.2) is 0 Å². The van der Waals surface area contributed by atoms with Crippen molar-refractivity contribution < 1.29 is 9.15 Å². The average molecular weight is 352 g/mol. The first-order valence-corrected chi connectivity index (χ1v) is 7.91. The maximum absolute atomic E-state index is 5.73. The minimum absolute atomic E-state index is 0.0175. The summed E-state index contributed by atoms with van der Waals surface area (Å²) in [5.74, 6) is 1.85. The lowest BCUT2D eigenvalue weighted by atomic mass is 9.94. The molecule has 114 valence electrons. The minimum atomic E-state index is -0.0175. The molecule has 4 heteroatoms. The van der Waals surface area contributed by atoms with E-state index in [-0.39, 0.29) is 6.04 Å². The van der Waals surface area contributed by atoms with E-state index in [4.69, 9.17) is 9.15 Å². The number of benzene rings is 1. The number of aryl methyl sites for hydroxylation is 2. The molecule has 0 spiro atoms. The molecule has 1 aromatic carbocycles. The van der Waals surface area contributed by atoms with Crippen molar-refractivity contribution in [2.75, 3.05) is 13.7 Å². The van der Waals surface area contributed by atoms with Crippen molar-refractivity contribution in [3.8, 4) is 5.75 Å². The highest BCUT2D eigenvalue weighted by Crippen LogP contribution is 2.39. The molecule has 0 aliphatic carbocycles. The Hall–Kier alpha value is -1.26. The van der Waals surface area contributed by atoms with Crippen LogP contribution in [0.5, 0.6) is 5.75 Å². The van der Waals surface area contributed by atoms with Gasteiger partial charge in [-0.2, -0.15) is 0 Å². The molecule has 1 atom stereocenters. The summed E-state index contributed by atoms with van der Waals surface area (Å²) in [6.07, 6.45) is 1.74. The molecule has 1 heterocycles. The average Bonchev–Trinajstić information content (AvgIpc) is 2.86. The monoisotopic (exact) mass is 351 g/mol. The van der Waals surface area contributed by atoms with Crippen LogP contribution in [0.2, 0.25) is 0 Å². The molecule has 3 nitrogen and oxygen atoms in total. The molecule has 2 aromatic rings. The minimum Gasteiger partial charge on any atom is -0.496 e. The molecule has 0 saturated heterocycles. The second kappa shape index (κ2) is 6.67. The highest BCUT2D eigenvalue weighted by molar-refractivity contribution is 9.10. The normalized spacial score (nSPS) is 12.5. The third-order valence-electron chi connectivity index (χ3n) is 3.77. The molecule has 0 saturated carbocycles. The summed E-state index contributed by atoms with van der Waals surface area (Å²) >= 11 is 3.65. The Balaban J connectivity index is 2.68. The maximum Gasteiger partial charge on any atom is 0.128 e. The Kier molecular flexibility index (Phi) is 5.12. The number of hydrogen-bond donors (Lipinski definition) is 1. The first-order valence-electron chi connectivity index (χ1n) is 7.12. The van der Waals surface area contributed by atoms with Gasteiger partial charge in [0, 0.05) is 10.0 Å². The van der Waals surface area contributed by atoms with Crippen molar-refractivity contribution in [1.29, 1.82) is 0 Å². The molecule has 0 aliphatic heterocycles. The van der Waals surface area contributed by atoms with Crippen molar-refractivity contribution in [2.24, 2.45) is 0 Å². The zero-order valence-electron chi connectivity index (χ0n) is 13.2. The maximum atomic E-state index is 5.73. The van der Waals surface area contributed by atoms with Crippen molar-refractivity contribution in [2.45, 2.75) is 33.7 Å². The number of rotatable bonds is 5. The molecule has 2 rings (SSSR count). The van der Waals surface area contributed by atoms with Gasteiger partial charge in [0.2, 0.25) is 0 Å². The first-order chi connectivity index (χ1) is 10.0. The van der Waals surface area contributed by atoms with Gasteiger partial charge in [0.15, 0.2) is 0 Å². The van der Waals surface area contributed by atoms with Gasteiger partial charge in [-0.05, 0) is 56.1 Å². The largest absolute Gasteiger partial charge is 0.496 e. The van der Waals surface area contributed by atoms with Crippen LogP contribution >= 0.6 is 15.9 Å². The predicted octanol–water partition coefficient (Wildman–Crippen LogP) is 4.67. The summed E-state index contributed by atoms with van der Waals surface area (Å²) in [7, 11) is 1.72. The molecular formula is C17H22BrNO2. The Morgan fingerprint density at radius 2 is 2.00 bits per heavy atom. The molecule has 0 radical (unpaired) electrons. The van der Waals surface area contributed by atoms with Crippen molar-refractivity contribution in [3.05, 3.63) is 50.9 Å². The number of nitrogens with one attached hydrogen (secondary N) is 1. The highest BCUT2D eigenvalue weighted by Gasteiger charge is 2.26. The van der Waals surface area contributed by atoms with Crippen molar-refractivity contribution >= 4 is 15.9 Å². The van der Waals surface area contributed by atoms with Crippen molar-refractivity contribution in [1.82, 2.24) is 5.32 Å². The van der Waals surface area contributed by atoms with Gasteiger partial charge in [-0.3, -0.25) is 0 Å². The molecular weight excluding hydrogens is 330 g/mol. The van der Waals surface area contributed by atoms with E-state index >= 15 is 0 Å². The third kappa shape index (κ3) is 3.01. The van der Waals surface area contributed by atoms with E-state index in [9.17, 15) is 0 Å². The van der Waals surface area contributed by atoms with E-state index in [2.05, 4.69) is 55.0 Å². The van der Waals surface area contributed by atoms with Gasteiger partial charge in [-0.15, -0.1) is 0 Å². The second-order valence-corrected chi connectivity index (χ2v) is 6.06. The van der Waals surface area contributed by atoms with Gasteiger partial charge in [0.1, 0.15) is 11.5 Å². The summed E-state index contributed by atoms with van der Waals surface area (Å²) in [5.41, 5.74) is 4.54. The Morgan fingerprint density at radius 3 is 2.52 bits per heavy atom. The zero-order valence-corrected chi connectivity index (χ0v) is 14.8. The standard InChI is InChI=1S/C17H22BrNO2/c1-6-19-15(17-10(2)7-8-21-17)14-12(4)13(18)9-11(3)16(14)20-5/h7-9,15,19H,6H2,1-5H3. The van der Waals surface area contributed by atoms with E-state index in [1.807, 2.05) is 6.07 Å². The van der Waals surface area contributed by atoms with Crippen LogP contribution in [-0.2, 0) is 0 Å². The molecule has 1 aromatic heterocycles. The topological polar surface area (TPSA) is 34.4 Å². The van der Waals surface area contributed by atoms with Crippen LogP contribution < -0.4 is 10.1 Å². The number of furan rings is 1. The third-order valence-corrected chi connectivity index (χ3v) is 4.60. The fourth-order valence-corrected chi connectivity index (χ4v) is 3.26. The number of halogens is 1. The summed E-state index contributed by atoms with van der Waals surface area (Å²) in [4.78, 5) is 0. The van der Waals surface area contributed by atoms with Gasteiger partial charge in [-0.1, -0.05) is 22.9 Å². The Morgan fingerprint density at radius 1 is 1.29 bits per heavy atom. The van der Waals surface area contributed by atoms with Gasteiger partial charge in [0.25, 0.3) is 0 Å². The van der Waals surface area contributed by atoms with Crippen LogP contribution in [-0.4, -0.2) is 13.7 Å². The fourth-order valence-electron chi connectivity index (χ4n) is 2.70. The quantitative estimate of drug-likeness (QED) is 0.849. The van der Waals surface area contributed by atoms with Gasteiger partial charge >= 0.3 is 0 Å². The predicted molar refractivity (Wildman–Crippen MR) is 89.1 cm³/mol. The summed E-state index contributed by atoms with van der Waals surface area (Å²) in [5, 5.41) is 3.52. The van der Waals surface area contributed by atoms with E-state index in [1.165, 1.54) is 5.56 Å². The highest BCUT2D eigenvalue weighted by atomic mass is 79.9. The zero-order chi connectivity index (χ0) is 15.6. The van der Waals surface area contributed by atoms with Crippen molar-refractivity contribution in [3.63, 3.8) is 0 Å². The number of methoxy groups -OCH3 is 1. The molecule has 0 amide bonds. The number of ether oxygens (including phenoxy) is 1. The van der Waals surface area contributed by atoms with Crippen LogP contribution in [0, 0.1) is 20.8 Å². The van der Waals surface area contributed by atoms with E-state index in [1.54, 1.807) is 13.4 Å². The lowest BCUT2D eigenvalue weighted by Crippen LogP contribution is -2.24. The Labute approximate surface area is 134 Å². The van der Waals surface area contributed by atoms with Crippen LogP contribution in [0.4, 0.5) is 0 Å². The first kappa shape index (κ1) is 16.1. The van der Waals surface area contributed by atoms with Crippen LogP contribution in [0.15, 0.2) is 27.3 Å². The fraction of sp³-hybridized carbons (Fsp3) is 0.412. The summed E-state index contributed by atoms with van der Waals surface area (Å²) in [6, 6.07) is 4.07. The summed E-state index contributed by atoms with van der Waals surface area (Å²) in [6.45, 7) is 9.17. The lowest BCUT2D eigenvalue weighted by molar-refractivity contribution is 0.389. The molecule has 21 heavy (non-hydrogen) atoms. The number of hydrogen-bond acceptors (Lipinski definition) is 3. The molecule has 0 aliphatic rings. The van der Waals surface area contributed by atoms with E-state index < -0.39 is 0 Å². The lowest BCUT2D eigenvalue weighted by Gasteiger charge is -2.24. The van der Waals surface area contributed by atoms with Crippen LogP contribution in [0.25, 0.3) is 0 Å². The summed E-state index contributed by atoms with van der Waals surface area (Å²) < 4.78 is 12.5. The SMILES string of the molecule is CCNC(c1occc1C)c1c(C)c(Br)cc(C)c1OC. The smallest absolute Gasteiger partial charge is 0.128 e. The van der Waals surface area contributed by atoms with Gasteiger partial charge in [0.05, 0.1) is 19.4 Å². The van der Waals surface area contributed by atoms with Crippen LogP contribution in [0.3, 0.4) is 0 Å². The molecule has 0 bridgehead atoms. The molecule has 1 unspecified atom stereocenters. The second-order valence-electron chi connectivity index (χ2n) is 5.21. The van der Waals surface area contributed by atoms with E-state index in [0.717, 1.165) is 39.2 Å². The van der Waals surface area contributed by atoms with Crippen LogP contribution in [0.1, 0.15) is 41.0 Å². The molecule has 1 N–H and O–H groups in total. The van der Waals surface area contributed by atoms with Gasteiger partial charge < -0.3 is 14.5 Å². The van der Waals surface area contributed by atoms with E-state index in [0.29, 0.717) is 0 Å². The molecule has 0 fully saturated rings.